The maximum Gasteiger partial charge on any atom is 0.278 e. The Morgan fingerprint density at radius 2 is 2.13 bits per heavy atom. The summed E-state index contributed by atoms with van der Waals surface area (Å²) in [4.78, 5) is 21.9. The molecule has 0 fully saturated rings. The molecule has 1 atom stereocenters. The molecule has 0 aromatic heterocycles. The molecule has 1 aliphatic carbocycles. The molecular weight excluding hydrogens is 198 g/mol. The average molecular weight is 213 g/mol. The predicted molar refractivity (Wildman–Crippen MR) is 54.2 cm³/mol. The van der Waals surface area contributed by atoms with Gasteiger partial charge in [0.1, 0.15) is 0 Å². The highest BCUT2D eigenvalue weighted by atomic mass is 16.6. The zero-order valence-corrected chi connectivity index (χ0v) is 8.95. The van der Waals surface area contributed by atoms with Gasteiger partial charge in [-0.05, 0) is 6.42 Å². The number of ketones is 1. The van der Waals surface area contributed by atoms with Crippen molar-refractivity contribution in [1.82, 2.24) is 0 Å². The number of hydrogen-bond acceptors (Lipinski definition) is 4. The van der Waals surface area contributed by atoms with Crippen molar-refractivity contribution in [3.63, 3.8) is 0 Å². The fourth-order valence-corrected chi connectivity index (χ4v) is 2.02. The van der Waals surface area contributed by atoms with Gasteiger partial charge in [0.25, 0.3) is 5.54 Å². The topological polar surface area (TPSA) is 80.4 Å². The van der Waals surface area contributed by atoms with E-state index in [1.54, 1.807) is 13.8 Å². The summed E-state index contributed by atoms with van der Waals surface area (Å²) in [5.41, 5.74) is -1.21. The minimum absolute atomic E-state index is 0.102. The van der Waals surface area contributed by atoms with Gasteiger partial charge in [-0.15, -0.1) is 0 Å². The van der Waals surface area contributed by atoms with Gasteiger partial charge < -0.3 is 5.11 Å². The Hall–Kier alpha value is -1.39. The lowest BCUT2D eigenvalue weighted by Gasteiger charge is -2.28. The molecule has 5 heteroatoms. The molecule has 1 rings (SSSR count). The zero-order valence-electron chi connectivity index (χ0n) is 8.95. The molecule has 0 amide bonds. The summed E-state index contributed by atoms with van der Waals surface area (Å²) in [5.74, 6) is -0.491. The Balaban J connectivity index is 3.28. The minimum atomic E-state index is -1.43. The Bertz CT molecular complexity index is 334. The summed E-state index contributed by atoms with van der Waals surface area (Å²) in [6, 6.07) is 0. The number of rotatable bonds is 3. The highest BCUT2D eigenvalue weighted by molar-refractivity contribution is 5.97. The fourth-order valence-electron chi connectivity index (χ4n) is 2.02. The van der Waals surface area contributed by atoms with Crippen LogP contribution in [0.15, 0.2) is 11.3 Å². The number of hydrogen-bond donors (Lipinski definition) is 1. The Kier molecular flexibility index (Phi) is 3.12. The normalized spacial score (nSPS) is 26.9. The van der Waals surface area contributed by atoms with Crippen LogP contribution in [0, 0.1) is 10.1 Å². The monoisotopic (exact) mass is 213 g/mol. The van der Waals surface area contributed by atoms with E-state index in [1.165, 1.54) is 0 Å². The minimum Gasteiger partial charge on any atom is -0.505 e. The number of carbonyl (C=O) groups is 1. The van der Waals surface area contributed by atoms with E-state index >= 15 is 0 Å². The van der Waals surface area contributed by atoms with E-state index in [1.807, 2.05) is 0 Å². The van der Waals surface area contributed by atoms with Gasteiger partial charge in [-0.3, -0.25) is 14.9 Å². The lowest BCUT2D eigenvalue weighted by Crippen LogP contribution is -2.44. The van der Waals surface area contributed by atoms with Gasteiger partial charge in [0.05, 0.1) is 0 Å². The third-order valence-corrected chi connectivity index (χ3v) is 3.12. The van der Waals surface area contributed by atoms with Crippen molar-refractivity contribution in [3.8, 4) is 0 Å². The molecule has 0 bridgehead atoms. The van der Waals surface area contributed by atoms with Crippen LogP contribution in [0.1, 0.15) is 39.5 Å². The molecule has 1 N–H and O–H groups in total. The van der Waals surface area contributed by atoms with Gasteiger partial charge >= 0.3 is 0 Å². The number of aliphatic hydroxyl groups excluding tert-OH is 1. The van der Waals surface area contributed by atoms with Crippen LogP contribution in [-0.4, -0.2) is 21.4 Å². The number of allylic oxidation sites excluding steroid dienone is 1. The second kappa shape index (κ2) is 4.00. The second-order valence-corrected chi connectivity index (χ2v) is 3.75. The van der Waals surface area contributed by atoms with Crippen LogP contribution in [0.3, 0.4) is 0 Å². The van der Waals surface area contributed by atoms with Gasteiger partial charge in [-0.2, -0.15) is 0 Å². The number of carbonyl (C=O) groups excluding carboxylic acids is 1. The molecule has 1 aliphatic rings. The SMILES string of the molecule is CCC1=C(O)C(CC)([N+](=O)[O-])CCC1=O. The summed E-state index contributed by atoms with van der Waals surface area (Å²) in [6.45, 7) is 3.37. The number of nitro groups is 1. The van der Waals surface area contributed by atoms with E-state index < -0.39 is 10.5 Å². The van der Waals surface area contributed by atoms with Crippen LogP contribution in [-0.2, 0) is 4.79 Å². The smallest absolute Gasteiger partial charge is 0.278 e. The highest BCUT2D eigenvalue weighted by Crippen LogP contribution is 2.36. The first kappa shape index (κ1) is 11.7. The van der Waals surface area contributed by atoms with Crippen molar-refractivity contribution in [2.24, 2.45) is 0 Å². The third-order valence-electron chi connectivity index (χ3n) is 3.12. The van der Waals surface area contributed by atoms with Gasteiger partial charge in [0.15, 0.2) is 11.5 Å². The Morgan fingerprint density at radius 3 is 2.53 bits per heavy atom. The molecule has 84 valence electrons. The van der Waals surface area contributed by atoms with Crippen molar-refractivity contribution in [3.05, 3.63) is 21.4 Å². The van der Waals surface area contributed by atoms with Gasteiger partial charge in [-0.1, -0.05) is 13.8 Å². The van der Waals surface area contributed by atoms with Crippen LogP contribution in [0.5, 0.6) is 0 Å². The van der Waals surface area contributed by atoms with Crippen LogP contribution < -0.4 is 0 Å². The Morgan fingerprint density at radius 1 is 1.53 bits per heavy atom. The maximum atomic E-state index is 11.4. The van der Waals surface area contributed by atoms with Gasteiger partial charge in [0.2, 0.25) is 0 Å². The van der Waals surface area contributed by atoms with Crippen molar-refractivity contribution < 1.29 is 14.8 Å². The van der Waals surface area contributed by atoms with Crippen LogP contribution in [0.25, 0.3) is 0 Å². The lowest BCUT2D eigenvalue weighted by molar-refractivity contribution is -0.565. The third kappa shape index (κ3) is 1.62. The van der Waals surface area contributed by atoms with Gasteiger partial charge in [-0.25, -0.2) is 0 Å². The highest BCUT2D eigenvalue weighted by Gasteiger charge is 2.50. The standard InChI is InChI=1S/C10H15NO4/c1-3-7-8(12)5-6-10(4-2,9(7)13)11(14)15/h13H,3-6H2,1-2H3. The number of aliphatic hydroxyl groups is 1. The number of nitrogens with zero attached hydrogens (tertiary/aromatic N) is 1. The molecule has 15 heavy (non-hydrogen) atoms. The van der Waals surface area contributed by atoms with Crippen LogP contribution in [0.2, 0.25) is 0 Å². The maximum absolute atomic E-state index is 11.4. The summed E-state index contributed by atoms with van der Waals surface area (Å²) in [7, 11) is 0. The summed E-state index contributed by atoms with van der Waals surface area (Å²) < 4.78 is 0. The molecule has 5 nitrogen and oxygen atoms in total. The average Bonchev–Trinajstić information content (AvgIpc) is 2.19. The van der Waals surface area contributed by atoms with Crippen molar-refractivity contribution in [1.29, 1.82) is 0 Å². The predicted octanol–water partition coefficient (Wildman–Crippen LogP) is 2.00. The van der Waals surface area contributed by atoms with E-state index in [4.69, 9.17) is 0 Å². The van der Waals surface area contributed by atoms with Crippen molar-refractivity contribution in [2.75, 3.05) is 0 Å². The van der Waals surface area contributed by atoms with E-state index in [0.29, 0.717) is 6.42 Å². The van der Waals surface area contributed by atoms with E-state index in [2.05, 4.69) is 0 Å². The number of Topliss-reactive ketones (excluding diaryl/α,β-unsaturated/α-hetero) is 1. The molecule has 1 unspecified atom stereocenters. The van der Waals surface area contributed by atoms with Crippen molar-refractivity contribution >= 4 is 5.78 Å². The van der Waals surface area contributed by atoms with Crippen molar-refractivity contribution in [2.45, 2.75) is 45.1 Å². The molecule has 0 saturated carbocycles. The van der Waals surface area contributed by atoms with Gasteiger partial charge in [0, 0.05) is 29.8 Å². The second-order valence-electron chi connectivity index (χ2n) is 3.75. The molecule has 0 spiro atoms. The van der Waals surface area contributed by atoms with E-state index in [9.17, 15) is 20.0 Å². The van der Waals surface area contributed by atoms with Crippen LogP contribution in [0.4, 0.5) is 0 Å². The first-order valence-electron chi connectivity index (χ1n) is 5.09. The fraction of sp³-hybridized carbons (Fsp3) is 0.700. The van der Waals surface area contributed by atoms with E-state index in [0.717, 1.165) is 0 Å². The molecule has 0 saturated heterocycles. The quantitative estimate of drug-likeness (QED) is 0.574. The van der Waals surface area contributed by atoms with Crippen LogP contribution >= 0.6 is 0 Å². The molecule has 0 aromatic carbocycles. The zero-order chi connectivity index (χ0) is 11.6. The molecule has 0 radical (unpaired) electrons. The first-order valence-corrected chi connectivity index (χ1v) is 5.09. The summed E-state index contributed by atoms with van der Waals surface area (Å²) >= 11 is 0. The molecule has 0 heterocycles. The molecular formula is C10H15NO4. The Labute approximate surface area is 87.9 Å². The lowest BCUT2D eigenvalue weighted by atomic mass is 9.79. The summed E-state index contributed by atoms with van der Waals surface area (Å²) in [5, 5.41) is 20.8. The summed E-state index contributed by atoms with van der Waals surface area (Å²) in [6.07, 6.45) is 0.815. The van der Waals surface area contributed by atoms with E-state index in [-0.39, 0.29) is 36.4 Å². The molecule has 0 aliphatic heterocycles. The largest absolute Gasteiger partial charge is 0.505 e. The first-order chi connectivity index (χ1) is 6.99. The molecule has 0 aromatic rings.